The van der Waals surface area contributed by atoms with Crippen molar-refractivity contribution in [3.63, 3.8) is 0 Å². The van der Waals surface area contributed by atoms with E-state index in [4.69, 9.17) is 10.5 Å². The van der Waals surface area contributed by atoms with Crippen LogP contribution < -0.4 is 15.8 Å². The molecule has 0 heterocycles. The van der Waals surface area contributed by atoms with Crippen molar-refractivity contribution in [3.8, 4) is 5.75 Å². The molecule has 4 nitrogen and oxygen atoms in total. The molecule has 1 amide bonds. The van der Waals surface area contributed by atoms with Gasteiger partial charge in [-0.05, 0) is 46.1 Å². The van der Waals surface area contributed by atoms with E-state index in [0.717, 1.165) is 21.3 Å². The number of nitrogens with one attached hydrogen (secondary N) is 1. The van der Waals surface area contributed by atoms with Crippen molar-refractivity contribution in [1.82, 2.24) is 5.32 Å². The van der Waals surface area contributed by atoms with Gasteiger partial charge < -0.3 is 15.8 Å². The number of hydrogen-bond acceptors (Lipinski definition) is 3. The van der Waals surface area contributed by atoms with Crippen molar-refractivity contribution in [2.75, 3.05) is 7.11 Å². The van der Waals surface area contributed by atoms with Gasteiger partial charge in [-0.25, -0.2) is 0 Å². The highest BCUT2D eigenvalue weighted by molar-refractivity contribution is 9.10. The summed E-state index contributed by atoms with van der Waals surface area (Å²) in [7, 11) is 1.62. The number of halogens is 1. The number of rotatable bonds is 6. The molecule has 0 bridgehead atoms. The minimum atomic E-state index is -0.300. The van der Waals surface area contributed by atoms with Crippen LogP contribution >= 0.6 is 15.9 Å². The molecule has 2 atom stereocenters. The van der Waals surface area contributed by atoms with E-state index in [0.29, 0.717) is 0 Å². The number of carbonyl (C=O) groups is 1. The average Bonchev–Trinajstić information content (AvgIpc) is 2.55. The zero-order valence-electron chi connectivity index (χ0n) is 13.3. The number of carbonyl (C=O) groups excluding carboxylic acids is 1. The molecule has 2 unspecified atom stereocenters. The Morgan fingerprint density at radius 3 is 2.52 bits per heavy atom. The first-order valence-electron chi connectivity index (χ1n) is 7.44. The van der Waals surface area contributed by atoms with Crippen LogP contribution in [0.15, 0.2) is 53.0 Å². The third-order valence-corrected chi connectivity index (χ3v) is 4.31. The number of methoxy groups -OCH3 is 1. The normalized spacial score (nSPS) is 13.2. The summed E-state index contributed by atoms with van der Waals surface area (Å²) in [6.07, 6.45) is 0.256. The maximum atomic E-state index is 12.2. The maximum absolute atomic E-state index is 12.2. The quantitative estimate of drug-likeness (QED) is 0.807. The van der Waals surface area contributed by atoms with Gasteiger partial charge in [-0.1, -0.05) is 36.4 Å². The Kier molecular flexibility index (Phi) is 6.19. The minimum Gasteiger partial charge on any atom is -0.496 e. The summed E-state index contributed by atoms with van der Waals surface area (Å²) in [6.45, 7) is 1.94. The second-order valence-corrected chi connectivity index (χ2v) is 6.26. The summed E-state index contributed by atoms with van der Waals surface area (Å²) >= 11 is 3.45. The maximum Gasteiger partial charge on any atom is 0.222 e. The van der Waals surface area contributed by atoms with E-state index in [9.17, 15) is 4.79 Å². The van der Waals surface area contributed by atoms with E-state index in [1.165, 1.54) is 0 Å². The van der Waals surface area contributed by atoms with Crippen LogP contribution in [0.5, 0.6) is 5.75 Å². The molecule has 0 aliphatic rings. The van der Waals surface area contributed by atoms with E-state index < -0.39 is 0 Å². The van der Waals surface area contributed by atoms with Crippen LogP contribution in [0, 0.1) is 0 Å². The molecular weight excluding hydrogens is 356 g/mol. The Hall–Kier alpha value is -1.85. The number of amides is 1. The molecule has 3 N–H and O–H groups in total. The summed E-state index contributed by atoms with van der Waals surface area (Å²) in [4.78, 5) is 12.2. The van der Waals surface area contributed by atoms with Gasteiger partial charge in [-0.15, -0.1) is 0 Å². The van der Waals surface area contributed by atoms with Crippen LogP contribution in [-0.4, -0.2) is 13.0 Å². The monoisotopic (exact) mass is 376 g/mol. The summed E-state index contributed by atoms with van der Waals surface area (Å²) in [6, 6.07) is 15.0. The Bertz CT molecular complexity index is 661. The molecule has 0 aliphatic carbocycles. The molecule has 0 saturated heterocycles. The molecule has 0 radical (unpaired) electrons. The second kappa shape index (κ2) is 8.13. The van der Waals surface area contributed by atoms with Gasteiger partial charge >= 0.3 is 0 Å². The highest BCUT2D eigenvalue weighted by atomic mass is 79.9. The standard InChI is InChI=1S/C18H21BrN2O2/c1-12(14-8-9-17(23-2)15(19)10-14)21-18(22)11-16(20)13-6-4-3-5-7-13/h3-10,12,16H,11,20H2,1-2H3,(H,21,22). The Morgan fingerprint density at radius 2 is 1.91 bits per heavy atom. The number of ether oxygens (including phenoxy) is 1. The van der Waals surface area contributed by atoms with Gasteiger partial charge in [-0.2, -0.15) is 0 Å². The number of hydrogen-bond donors (Lipinski definition) is 2. The first-order valence-corrected chi connectivity index (χ1v) is 8.24. The van der Waals surface area contributed by atoms with Crippen LogP contribution in [0.4, 0.5) is 0 Å². The van der Waals surface area contributed by atoms with Crippen LogP contribution in [0.3, 0.4) is 0 Å². The molecule has 2 aromatic rings. The van der Waals surface area contributed by atoms with Crippen LogP contribution in [0.2, 0.25) is 0 Å². The Morgan fingerprint density at radius 1 is 1.22 bits per heavy atom. The van der Waals surface area contributed by atoms with Crippen molar-refractivity contribution in [1.29, 1.82) is 0 Å². The first kappa shape index (κ1) is 17.5. The Balaban J connectivity index is 1.95. The number of nitrogens with two attached hydrogens (primary N) is 1. The van der Waals surface area contributed by atoms with Gasteiger partial charge in [0.2, 0.25) is 5.91 Å². The lowest BCUT2D eigenvalue weighted by molar-refractivity contribution is -0.122. The van der Waals surface area contributed by atoms with Crippen LogP contribution in [0.25, 0.3) is 0 Å². The van der Waals surface area contributed by atoms with Crippen LogP contribution in [0.1, 0.15) is 36.6 Å². The van der Waals surface area contributed by atoms with Gasteiger partial charge in [-0.3, -0.25) is 4.79 Å². The fourth-order valence-corrected chi connectivity index (χ4v) is 2.91. The van der Waals surface area contributed by atoms with Crippen molar-refractivity contribution in [2.24, 2.45) is 5.73 Å². The molecule has 5 heteroatoms. The largest absolute Gasteiger partial charge is 0.496 e. The number of benzene rings is 2. The van der Waals surface area contributed by atoms with E-state index in [1.54, 1.807) is 7.11 Å². The molecule has 2 rings (SSSR count). The van der Waals surface area contributed by atoms with Gasteiger partial charge in [0.1, 0.15) is 5.75 Å². The van der Waals surface area contributed by atoms with Crippen LogP contribution in [-0.2, 0) is 4.79 Å². The predicted molar refractivity (Wildman–Crippen MR) is 95.2 cm³/mol. The van der Waals surface area contributed by atoms with Crippen molar-refractivity contribution in [3.05, 3.63) is 64.1 Å². The lowest BCUT2D eigenvalue weighted by Gasteiger charge is -2.17. The predicted octanol–water partition coefficient (Wildman–Crippen LogP) is 3.73. The highest BCUT2D eigenvalue weighted by Crippen LogP contribution is 2.28. The highest BCUT2D eigenvalue weighted by Gasteiger charge is 2.15. The topological polar surface area (TPSA) is 64.3 Å². The third-order valence-electron chi connectivity index (χ3n) is 3.69. The lowest BCUT2D eigenvalue weighted by atomic mass is 10.0. The molecule has 122 valence electrons. The zero-order chi connectivity index (χ0) is 16.8. The zero-order valence-corrected chi connectivity index (χ0v) is 14.8. The summed E-state index contributed by atoms with van der Waals surface area (Å²) in [5.41, 5.74) is 8.05. The van der Waals surface area contributed by atoms with Gasteiger partial charge in [0, 0.05) is 12.5 Å². The smallest absolute Gasteiger partial charge is 0.222 e. The van der Waals surface area contributed by atoms with Crippen molar-refractivity contribution < 1.29 is 9.53 Å². The lowest BCUT2D eigenvalue weighted by Crippen LogP contribution is -2.29. The van der Waals surface area contributed by atoms with E-state index >= 15 is 0 Å². The SMILES string of the molecule is COc1ccc(C(C)NC(=O)CC(N)c2ccccc2)cc1Br. The van der Waals surface area contributed by atoms with E-state index in [2.05, 4.69) is 21.2 Å². The molecule has 0 saturated carbocycles. The first-order chi connectivity index (χ1) is 11.0. The molecule has 2 aromatic carbocycles. The Labute approximate surface area is 145 Å². The summed E-state index contributed by atoms with van der Waals surface area (Å²) in [5, 5.41) is 2.98. The molecular formula is C18H21BrN2O2. The fraction of sp³-hybridized carbons (Fsp3) is 0.278. The summed E-state index contributed by atoms with van der Waals surface area (Å²) in [5.74, 6) is 0.694. The second-order valence-electron chi connectivity index (χ2n) is 5.40. The van der Waals surface area contributed by atoms with Crippen molar-refractivity contribution in [2.45, 2.75) is 25.4 Å². The van der Waals surface area contributed by atoms with Gasteiger partial charge in [0.25, 0.3) is 0 Å². The van der Waals surface area contributed by atoms with Gasteiger partial charge in [0.05, 0.1) is 17.6 Å². The molecule has 0 aliphatic heterocycles. The fourth-order valence-electron chi connectivity index (χ4n) is 2.35. The summed E-state index contributed by atoms with van der Waals surface area (Å²) < 4.78 is 6.07. The third kappa shape index (κ3) is 4.81. The van der Waals surface area contributed by atoms with E-state index in [1.807, 2.05) is 55.5 Å². The molecule has 0 spiro atoms. The van der Waals surface area contributed by atoms with Gasteiger partial charge in [0.15, 0.2) is 0 Å². The van der Waals surface area contributed by atoms with Crippen molar-refractivity contribution >= 4 is 21.8 Å². The molecule has 23 heavy (non-hydrogen) atoms. The average molecular weight is 377 g/mol. The molecule has 0 aromatic heterocycles. The molecule has 0 fully saturated rings. The minimum absolute atomic E-state index is 0.0687. The van der Waals surface area contributed by atoms with E-state index in [-0.39, 0.29) is 24.4 Å².